The second-order valence-corrected chi connectivity index (χ2v) is 19.0. The molecule has 0 aliphatic rings. The predicted octanol–water partition coefficient (Wildman–Crippen LogP) is 13.8. The summed E-state index contributed by atoms with van der Waals surface area (Å²) in [4.78, 5) is 35.4. The molecule has 57 heavy (non-hydrogen) atoms. The Morgan fingerprint density at radius 1 is 0.526 bits per heavy atom. The Morgan fingerprint density at radius 3 is 1.35 bits per heavy atom. The van der Waals surface area contributed by atoms with Crippen molar-refractivity contribution in [1.29, 1.82) is 0 Å². The number of carbonyl (C=O) groups excluding carboxylic acids is 2. The zero-order valence-corrected chi connectivity index (χ0v) is 39.0. The van der Waals surface area contributed by atoms with Crippen LogP contribution in [0.1, 0.15) is 226 Å². The quantitative estimate of drug-likeness (QED) is 0.0213. The van der Waals surface area contributed by atoms with Gasteiger partial charge in [0.05, 0.1) is 27.7 Å². The van der Waals surface area contributed by atoms with Gasteiger partial charge in [-0.1, -0.05) is 193 Å². The molecule has 0 aromatic heterocycles. The molecule has 0 amide bonds. The number of hydrogen-bond donors (Lipinski definition) is 1. The van der Waals surface area contributed by atoms with Gasteiger partial charge < -0.3 is 18.9 Å². The van der Waals surface area contributed by atoms with Crippen LogP contribution in [0.3, 0.4) is 0 Å². The molecule has 10 heteroatoms. The monoisotopic (exact) mass is 831 g/mol. The van der Waals surface area contributed by atoms with Crippen molar-refractivity contribution in [3.63, 3.8) is 0 Å². The van der Waals surface area contributed by atoms with Crippen molar-refractivity contribution >= 4 is 19.8 Å². The van der Waals surface area contributed by atoms with Gasteiger partial charge in [0.25, 0.3) is 0 Å². The van der Waals surface area contributed by atoms with Gasteiger partial charge in [0, 0.05) is 12.8 Å². The molecule has 1 unspecified atom stereocenters. The normalized spacial score (nSPS) is 13.6. The third kappa shape index (κ3) is 44.1. The van der Waals surface area contributed by atoms with Gasteiger partial charge in [-0.3, -0.25) is 18.6 Å². The first-order chi connectivity index (χ1) is 27.5. The summed E-state index contributed by atoms with van der Waals surface area (Å²) < 4.78 is 34.3. The largest absolute Gasteiger partial charge is 0.472 e. The van der Waals surface area contributed by atoms with Crippen LogP contribution < -0.4 is 0 Å². The van der Waals surface area contributed by atoms with E-state index in [2.05, 4.69) is 26.0 Å². The summed E-state index contributed by atoms with van der Waals surface area (Å²) in [7, 11) is 1.48. The van der Waals surface area contributed by atoms with E-state index in [0.29, 0.717) is 23.9 Å². The average molecular weight is 831 g/mol. The summed E-state index contributed by atoms with van der Waals surface area (Å²) in [5, 5.41) is 0. The topological polar surface area (TPSA) is 108 Å². The molecule has 0 radical (unpaired) electrons. The molecule has 1 N–H and O–H groups in total. The molecule has 0 heterocycles. The summed E-state index contributed by atoms with van der Waals surface area (Å²) in [6, 6.07) is 0. The molecule has 0 aromatic rings. The number of nitrogens with zero attached hydrogens (tertiary/aromatic N) is 1. The fourth-order valence-electron chi connectivity index (χ4n) is 6.76. The van der Waals surface area contributed by atoms with Crippen molar-refractivity contribution < 1.29 is 42.1 Å². The molecule has 2 atom stereocenters. The van der Waals surface area contributed by atoms with Crippen molar-refractivity contribution in [3.05, 3.63) is 12.2 Å². The second-order valence-electron chi connectivity index (χ2n) is 17.5. The predicted molar refractivity (Wildman–Crippen MR) is 238 cm³/mol. The van der Waals surface area contributed by atoms with Crippen LogP contribution in [0.4, 0.5) is 0 Å². The Balaban J connectivity index is 4.15. The number of rotatable bonds is 44. The van der Waals surface area contributed by atoms with Crippen LogP contribution >= 0.6 is 7.82 Å². The molecule has 0 aliphatic heterocycles. The van der Waals surface area contributed by atoms with E-state index < -0.39 is 26.5 Å². The van der Waals surface area contributed by atoms with E-state index >= 15 is 0 Å². The number of ether oxygens (including phenoxy) is 2. The third-order valence-corrected chi connectivity index (χ3v) is 11.5. The van der Waals surface area contributed by atoms with Crippen LogP contribution in [-0.2, 0) is 32.7 Å². The zero-order chi connectivity index (χ0) is 42.1. The molecule has 0 saturated carbocycles. The van der Waals surface area contributed by atoms with Crippen LogP contribution in [-0.4, -0.2) is 74.9 Å². The number of phosphoric acid groups is 1. The second kappa shape index (κ2) is 40.2. The van der Waals surface area contributed by atoms with Crippen LogP contribution in [0, 0.1) is 0 Å². The average Bonchev–Trinajstić information content (AvgIpc) is 3.16. The molecule has 0 aromatic carbocycles. The standard InChI is InChI=1S/C47H92NO8P/c1-6-8-10-12-14-16-18-19-20-21-22-23-24-25-26-27-28-30-31-33-35-37-39-46(49)53-43-45(44-55-57(51,52)54-42-41-48(3,4)5)56-47(50)40-38-36-34-32-29-17-15-13-11-9-7-2/h13,15,45H,6-12,14,16-44H2,1-5H3/p+1/b15-13+/t45-/m1/s1. The van der Waals surface area contributed by atoms with E-state index in [0.717, 1.165) is 57.8 Å². The van der Waals surface area contributed by atoms with Gasteiger partial charge in [0.15, 0.2) is 6.10 Å². The van der Waals surface area contributed by atoms with Crippen LogP contribution in [0.2, 0.25) is 0 Å². The Labute approximate surface area is 352 Å². The number of carbonyl (C=O) groups is 2. The molecule has 0 fully saturated rings. The zero-order valence-electron chi connectivity index (χ0n) is 38.1. The highest BCUT2D eigenvalue weighted by molar-refractivity contribution is 7.47. The summed E-state index contributed by atoms with van der Waals surface area (Å²) in [5.41, 5.74) is 0. The SMILES string of the molecule is CCCC/C=C/CCCCCCCC(=O)O[C@H](COC(=O)CCCCCCCCCCCCCCCCCCCCCCCC)COP(=O)(O)OCC[N+](C)(C)C. The van der Waals surface area contributed by atoms with Crippen LogP contribution in [0.25, 0.3) is 0 Å². The highest BCUT2D eigenvalue weighted by atomic mass is 31.2. The molecular weight excluding hydrogens is 737 g/mol. The maximum atomic E-state index is 12.7. The van der Waals surface area contributed by atoms with E-state index in [4.69, 9.17) is 18.5 Å². The third-order valence-electron chi connectivity index (χ3n) is 10.5. The maximum absolute atomic E-state index is 12.7. The Morgan fingerprint density at radius 2 is 0.912 bits per heavy atom. The summed E-state index contributed by atoms with van der Waals surface area (Å²) in [6.07, 6.45) is 42.7. The fourth-order valence-corrected chi connectivity index (χ4v) is 7.50. The number of unbranched alkanes of at least 4 members (excludes halogenated alkanes) is 28. The molecule has 0 rings (SSSR count). The van der Waals surface area contributed by atoms with E-state index in [9.17, 15) is 19.0 Å². The molecule has 0 bridgehead atoms. The van der Waals surface area contributed by atoms with Crippen LogP contribution in [0.5, 0.6) is 0 Å². The van der Waals surface area contributed by atoms with Crippen molar-refractivity contribution in [2.75, 3.05) is 47.5 Å². The van der Waals surface area contributed by atoms with Crippen molar-refractivity contribution in [1.82, 2.24) is 0 Å². The Hall–Kier alpha value is -1.25. The van der Waals surface area contributed by atoms with Gasteiger partial charge >= 0.3 is 19.8 Å². The number of quaternary nitrogens is 1. The highest BCUT2D eigenvalue weighted by Crippen LogP contribution is 2.43. The first-order valence-electron chi connectivity index (χ1n) is 23.9. The molecule has 0 spiro atoms. The first-order valence-corrected chi connectivity index (χ1v) is 25.4. The minimum absolute atomic E-state index is 0.0331. The number of hydrogen-bond acceptors (Lipinski definition) is 7. The maximum Gasteiger partial charge on any atom is 0.472 e. The van der Waals surface area contributed by atoms with Gasteiger partial charge in [0.2, 0.25) is 0 Å². The smallest absolute Gasteiger partial charge is 0.462 e. The summed E-state index contributed by atoms with van der Waals surface area (Å²) in [5.74, 6) is -0.799. The summed E-state index contributed by atoms with van der Waals surface area (Å²) >= 11 is 0. The van der Waals surface area contributed by atoms with Gasteiger partial charge in [0.1, 0.15) is 19.8 Å². The molecule has 338 valence electrons. The van der Waals surface area contributed by atoms with Gasteiger partial charge in [-0.05, 0) is 32.1 Å². The molecule has 9 nitrogen and oxygen atoms in total. The summed E-state index contributed by atoms with van der Waals surface area (Å²) in [6.45, 7) is 4.40. The molecule has 0 saturated heterocycles. The first kappa shape index (κ1) is 55.8. The van der Waals surface area contributed by atoms with Gasteiger partial charge in [-0.15, -0.1) is 0 Å². The lowest BCUT2D eigenvalue weighted by Gasteiger charge is -2.24. The van der Waals surface area contributed by atoms with Gasteiger partial charge in [-0.2, -0.15) is 0 Å². The lowest BCUT2D eigenvalue weighted by Crippen LogP contribution is -2.37. The van der Waals surface area contributed by atoms with E-state index in [1.807, 2.05) is 21.1 Å². The van der Waals surface area contributed by atoms with Gasteiger partial charge in [-0.25, -0.2) is 4.57 Å². The minimum Gasteiger partial charge on any atom is -0.462 e. The highest BCUT2D eigenvalue weighted by Gasteiger charge is 2.27. The van der Waals surface area contributed by atoms with Crippen molar-refractivity contribution in [2.45, 2.75) is 232 Å². The Kier molecular flexibility index (Phi) is 39.3. The number of likely N-dealkylation sites (N-methyl/N-ethyl adjacent to an activating group) is 1. The van der Waals surface area contributed by atoms with E-state index in [-0.39, 0.29) is 25.6 Å². The fraction of sp³-hybridized carbons (Fsp3) is 0.915. The number of phosphoric ester groups is 1. The van der Waals surface area contributed by atoms with Crippen LogP contribution in [0.15, 0.2) is 12.2 Å². The lowest BCUT2D eigenvalue weighted by molar-refractivity contribution is -0.870. The molecular formula is C47H93NO8P+. The number of esters is 2. The molecule has 0 aliphatic carbocycles. The number of allylic oxidation sites excluding steroid dienone is 2. The lowest BCUT2D eigenvalue weighted by atomic mass is 10.0. The van der Waals surface area contributed by atoms with Crippen molar-refractivity contribution in [3.8, 4) is 0 Å². The van der Waals surface area contributed by atoms with E-state index in [1.54, 1.807) is 0 Å². The van der Waals surface area contributed by atoms with Crippen molar-refractivity contribution in [2.24, 2.45) is 0 Å². The Bertz CT molecular complexity index is 985. The van der Waals surface area contributed by atoms with E-state index in [1.165, 1.54) is 135 Å². The minimum atomic E-state index is -4.37.